The third-order valence-corrected chi connectivity index (χ3v) is 4.13. The van der Waals surface area contributed by atoms with Crippen LogP contribution in [0.1, 0.15) is 11.9 Å². The van der Waals surface area contributed by atoms with E-state index in [0.29, 0.717) is 0 Å². The van der Waals surface area contributed by atoms with Gasteiger partial charge in [-0.3, -0.25) is 10.1 Å². The summed E-state index contributed by atoms with van der Waals surface area (Å²) in [6, 6.07) is 8.19. The average molecular weight is 325 g/mol. The number of ether oxygens (including phenoxy) is 5. The van der Waals surface area contributed by atoms with E-state index in [1.807, 2.05) is 30.3 Å². The molecule has 0 radical (unpaired) electrons. The van der Waals surface area contributed by atoms with Crippen LogP contribution in [0.3, 0.4) is 0 Å². The second-order valence-corrected chi connectivity index (χ2v) is 5.43. The molecule has 8 nitrogen and oxygen atoms in total. The standard InChI is InChI=1S/C15H19NO7/c1-19-13-11(16(17)18)12-10(22-15(13)20-2)8-21-14(23-12)9-6-4-3-5-7-9/h3-7,10-15H,8H2,1-2H3/t10-,11+,12-,13-,14?,15-/m1/s1. The minimum Gasteiger partial charge on any atom is -0.369 e. The quantitative estimate of drug-likeness (QED) is 0.605. The van der Waals surface area contributed by atoms with Crippen LogP contribution < -0.4 is 0 Å². The molecule has 0 spiro atoms. The number of rotatable bonds is 4. The summed E-state index contributed by atoms with van der Waals surface area (Å²) in [6.45, 7) is 0.185. The van der Waals surface area contributed by atoms with Gasteiger partial charge < -0.3 is 23.7 Å². The van der Waals surface area contributed by atoms with Crippen molar-refractivity contribution in [1.82, 2.24) is 0 Å². The smallest absolute Gasteiger partial charge is 0.272 e. The molecule has 0 N–H and O–H groups in total. The van der Waals surface area contributed by atoms with Crippen LogP contribution in [-0.2, 0) is 23.7 Å². The van der Waals surface area contributed by atoms with Crippen molar-refractivity contribution in [3.8, 4) is 0 Å². The van der Waals surface area contributed by atoms with Gasteiger partial charge in [-0.1, -0.05) is 30.3 Å². The van der Waals surface area contributed by atoms with E-state index in [4.69, 9.17) is 23.7 Å². The largest absolute Gasteiger partial charge is 0.369 e. The van der Waals surface area contributed by atoms with Crippen molar-refractivity contribution in [2.75, 3.05) is 20.8 Å². The summed E-state index contributed by atoms with van der Waals surface area (Å²) in [4.78, 5) is 11.2. The van der Waals surface area contributed by atoms with Crippen LogP contribution in [0.25, 0.3) is 0 Å². The first-order valence-electron chi connectivity index (χ1n) is 7.32. The van der Waals surface area contributed by atoms with E-state index >= 15 is 0 Å². The molecule has 2 aliphatic rings. The van der Waals surface area contributed by atoms with Crippen molar-refractivity contribution in [1.29, 1.82) is 0 Å². The Bertz CT molecular complexity index is 540. The Morgan fingerprint density at radius 3 is 2.52 bits per heavy atom. The number of nitro groups is 1. The first-order chi connectivity index (χ1) is 11.2. The van der Waals surface area contributed by atoms with Crippen LogP contribution in [0.15, 0.2) is 30.3 Å². The molecule has 2 fully saturated rings. The van der Waals surface area contributed by atoms with Crippen LogP contribution in [0.4, 0.5) is 0 Å². The van der Waals surface area contributed by atoms with Gasteiger partial charge in [-0.25, -0.2) is 0 Å². The maximum Gasteiger partial charge on any atom is 0.272 e. The predicted molar refractivity (Wildman–Crippen MR) is 77.3 cm³/mol. The Morgan fingerprint density at radius 2 is 1.91 bits per heavy atom. The number of hydrogen-bond donors (Lipinski definition) is 0. The van der Waals surface area contributed by atoms with Crippen molar-refractivity contribution >= 4 is 0 Å². The molecular weight excluding hydrogens is 306 g/mol. The van der Waals surface area contributed by atoms with Crippen LogP contribution >= 0.6 is 0 Å². The molecule has 2 saturated heterocycles. The molecule has 2 aliphatic heterocycles. The van der Waals surface area contributed by atoms with E-state index in [1.165, 1.54) is 14.2 Å². The zero-order valence-corrected chi connectivity index (χ0v) is 12.9. The van der Waals surface area contributed by atoms with Gasteiger partial charge in [0.1, 0.15) is 6.10 Å². The molecule has 0 aliphatic carbocycles. The number of nitrogens with zero attached hydrogens (tertiary/aromatic N) is 1. The first kappa shape index (κ1) is 16.3. The zero-order chi connectivity index (χ0) is 16.4. The van der Waals surface area contributed by atoms with Crippen molar-refractivity contribution in [2.45, 2.75) is 36.9 Å². The van der Waals surface area contributed by atoms with E-state index in [1.54, 1.807) is 0 Å². The number of methoxy groups -OCH3 is 2. The van der Waals surface area contributed by atoms with Crippen molar-refractivity contribution in [3.63, 3.8) is 0 Å². The third kappa shape index (κ3) is 3.08. The van der Waals surface area contributed by atoms with Crippen molar-refractivity contribution < 1.29 is 28.6 Å². The number of fused-ring (bicyclic) bond motifs is 1. The Hall–Kier alpha value is -1.58. The van der Waals surface area contributed by atoms with Gasteiger partial charge in [-0.2, -0.15) is 0 Å². The van der Waals surface area contributed by atoms with Gasteiger partial charge in [0.25, 0.3) is 6.04 Å². The number of benzene rings is 1. The summed E-state index contributed by atoms with van der Waals surface area (Å²) in [7, 11) is 2.82. The van der Waals surface area contributed by atoms with Crippen LogP contribution in [0.2, 0.25) is 0 Å². The topological polar surface area (TPSA) is 89.3 Å². The molecule has 0 saturated carbocycles. The second kappa shape index (κ2) is 6.90. The average Bonchev–Trinajstić information content (AvgIpc) is 2.59. The van der Waals surface area contributed by atoms with Gasteiger partial charge in [0.15, 0.2) is 24.8 Å². The maximum absolute atomic E-state index is 11.6. The van der Waals surface area contributed by atoms with Gasteiger partial charge in [0, 0.05) is 24.7 Å². The monoisotopic (exact) mass is 325 g/mol. The van der Waals surface area contributed by atoms with Gasteiger partial charge in [0.05, 0.1) is 6.61 Å². The molecule has 3 rings (SSSR count). The van der Waals surface area contributed by atoms with E-state index < -0.39 is 41.9 Å². The minimum atomic E-state index is -1.10. The Kier molecular flexibility index (Phi) is 4.88. The molecule has 6 atom stereocenters. The Labute approximate surface area is 133 Å². The molecule has 126 valence electrons. The summed E-state index contributed by atoms with van der Waals surface area (Å²) in [5.41, 5.74) is 0.802. The van der Waals surface area contributed by atoms with Gasteiger partial charge in [-0.05, 0) is 0 Å². The molecule has 1 aromatic carbocycles. The highest BCUT2D eigenvalue weighted by Crippen LogP contribution is 2.35. The fourth-order valence-electron chi connectivity index (χ4n) is 3.03. The van der Waals surface area contributed by atoms with Crippen molar-refractivity contribution in [2.24, 2.45) is 0 Å². The van der Waals surface area contributed by atoms with Crippen LogP contribution in [-0.4, -0.2) is 56.4 Å². The maximum atomic E-state index is 11.6. The summed E-state index contributed by atoms with van der Waals surface area (Å²) in [6.07, 6.45) is -3.72. The molecule has 23 heavy (non-hydrogen) atoms. The Morgan fingerprint density at radius 1 is 1.17 bits per heavy atom. The summed E-state index contributed by atoms with van der Waals surface area (Å²) in [5, 5.41) is 11.6. The molecule has 0 bridgehead atoms. The van der Waals surface area contributed by atoms with Gasteiger partial charge >= 0.3 is 0 Å². The van der Waals surface area contributed by atoms with Crippen LogP contribution in [0, 0.1) is 10.1 Å². The highest BCUT2D eigenvalue weighted by molar-refractivity contribution is 5.16. The molecule has 0 amide bonds. The normalized spacial score (nSPS) is 37.1. The number of hydrogen-bond acceptors (Lipinski definition) is 7. The van der Waals surface area contributed by atoms with E-state index in [9.17, 15) is 10.1 Å². The summed E-state index contributed by atoms with van der Waals surface area (Å²) < 4.78 is 27.6. The lowest BCUT2D eigenvalue weighted by Crippen LogP contribution is -2.64. The Balaban J connectivity index is 1.84. The molecule has 2 heterocycles. The minimum absolute atomic E-state index is 0.185. The van der Waals surface area contributed by atoms with E-state index in [0.717, 1.165) is 5.56 Å². The molecular formula is C15H19NO7. The van der Waals surface area contributed by atoms with Crippen LogP contribution in [0.5, 0.6) is 0 Å². The summed E-state index contributed by atoms with van der Waals surface area (Å²) in [5.74, 6) is 0. The molecule has 0 aromatic heterocycles. The van der Waals surface area contributed by atoms with E-state index in [-0.39, 0.29) is 6.61 Å². The van der Waals surface area contributed by atoms with Crippen molar-refractivity contribution in [3.05, 3.63) is 46.0 Å². The fourth-order valence-corrected chi connectivity index (χ4v) is 3.03. The lowest BCUT2D eigenvalue weighted by atomic mass is 9.95. The lowest BCUT2D eigenvalue weighted by Gasteiger charge is -2.44. The third-order valence-electron chi connectivity index (χ3n) is 4.13. The molecule has 1 aromatic rings. The molecule has 1 unspecified atom stereocenters. The summed E-state index contributed by atoms with van der Waals surface area (Å²) >= 11 is 0. The zero-order valence-electron chi connectivity index (χ0n) is 12.9. The highest BCUT2D eigenvalue weighted by atomic mass is 16.8. The van der Waals surface area contributed by atoms with E-state index in [2.05, 4.69) is 0 Å². The highest BCUT2D eigenvalue weighted by Gasteiger charge is 2.56. The fraction of sp³-hybridized carbons (Fsp3) is 0.600. The van der Waals surface area contributed by atoms with Gasteiger partial charge in [0.2, 0.25) is 0 Å². The molecule has 8 heteroatoms. The predicted octanol–water partition coefficient (Wildman–Crippen LogP) is 1.13. The SMILES string of the molecule is CO[C@@H]1O[C@@H]2COC(c3ccccc3)O[C@H]2[C@H]([N+](=O)[O-])[C@H]1OC. The second-order valence-electron chi connectivity index (χ2n) is 5.43. The van der Waals surface area contributed by atoms with Gasteiger partial charge in [-0.15, -0.1) is 0 Å². The first-order valence-corrected chi connectivity index (χ1v) is 7.32. The lowest BCUT2D eigenvalue weighted by molar-refractivity contribution is -0.574.